The fraction of sp³-hybridized carbons (Fsp3) is 0.294. The monoisotopic (exact) mass is 375 g/mol. The van der Waals surface area contributed by atoms with Gasteiger partial charge in [-0.3, -0.25) is 9.59 Å². The number of nitrogens with one attached hydrogen (secondary N) is 3. The molecule has 0 saturated carbocycles. The summed E-state index contributed by atoms with van der Waals surface area (Å²) in [6.45, 7) is -0.394. The van der Waals surface area contributed by atoms with Crippen LogP contribution in [0.1, 0.15) is 11.3 Å². The molecule has 1 heterocycles. The maximum absolute atomic E-state index is 12.0. The lowest BCUT2D eigenvalue weighted by Crippen LogP contribution is -2.49. The van der Waals surface area contributed by atoms with Crippen LogP contribution < -0.4 is 16.4 Å². The SMILES string of the molecule is NC(Cc1cnc[nH]1)C(=O)NCC(=O)NC(Cc1ccc(O)cc1)C(=O)O. The Morgan fingerprint density at radius 1 is 1.19 bits per heavy atom. The van der Waals surface area contributed by atoms with Crippen molar-refractivity contribution in [1.82, 2.24) is 20.6 Å². The first-order valence-electron chi connectivity index (χ1n) is 8.15. The predicted molar refractivity (Wildman–Crippen MR) is 94.7 cm³/mol. The number of phenolic OH excluding ortho intramolecular Hbond substituents is 1. The van der Waals surface area contributed by atoms with Crippen molar-refractivity contribution in [3.63, 3.8) is 0 Å². The Morgan fingerprint density at radius 2 is 1.89 bits per heavy atom. The van der Waals surface area contributed by atoms with Gasteiger partial charge in [0, 0.05) is 24.7 Å². The lowest BCUT2D eigenvalue weighted by Gasteiger charge is -2.16. The molecular formula is C17H21N5O5. The highest BCUT2D eigenvalue weighted by atomic mass is 16.4. The van der Waals surface area contributed by atoms with Crippen LogP contribution in [0, 0.1) is 0 Å². The van der Waals surface area contributed by atoms with E-state index in [4.69, 9.17) is 5.73 Å². The van der Waals surface area contributed by atoms with Crippen LogP contribution in [-0.2, 0) is 27.2 Å². The molecule has 7 N–H and O–H groups in total. The molecule has 0 radical (unpaired) electrons. The first kappa shape index (κ1) is 19.9. The molecule has 0 aliphatic carbocycles. The molecule has 0 bridgehead atoms. The molecule has 0 fully saturated rings. The molecule has 144 valence electrons. The van der Waals surface area contributed by atoms with Crippen LogP contribution in [0.25, 0.3) is 0 Å². The number of carboxylic acids is 1. The van der Waals surface area contributed by atoms with Crippen molar-refractivity contribution < 1.29 is 24.6 Å². The van der Waals surface area contributed by atoms with Crippen molar-refractivity contribution in [2.24, 2.45) is 5.73 Å². The van der Waals surface area contributed by atoms with Crippen LogP contribution in [0.3, 0.4) is 0 Å². The number of aromatic hydroxyl groups is 1. The highest BCUT2D eigenvalue weighted by molar-refractivity contribution is 5.89. The van der Waals surface area contributed by atoms with E-state index in [2.05, 4.69) is 20.6 Å². The van der Waals surface area contributed by atoms with Gasteiger partial charge in [0.15, 0.2) is 0 Å². The van der Waals surface area contributed by atoms with Crippen molar-refractivity contribution >= 4 is 17.8 Å². The third-order valence-electron chi connectivity index (χ3n) is 3.76. The third kappa shape index (κ3) is 6.44. The van der Waals surface area contributed by atoms with Gasteiger partial charge in [-0.25, -0.2) is 9.78 Å². The molecule has 2 amide bonds. The Balaban J connectivity index is 1.81. The molecule has 2 aromatic rings. The number of carboxylic acid groups (broad SMARTS) is 1. The number of H-pyrrole nitrogens is 1. The zero-order chi connectivity index (χ0) is 19.8. The number of phenols is 1. The molecule has 1 aromatic carbocycles. The Bertz CT molecular complexity index is 776. The molecule has 2 unspecified atom stereocenters. The van der Waals surface area contributed by atoms with Gasteiger partial charge in [-0.1, -0.05) is 12.1 Å². The van der Waals surface area contributed by atoms with Gasteiger partial charge in [0.25, 0.3) is 0 Å². The summed E-state index contributed by atoms with van der Waals surface area (Å²) in [6, 6.07) is 3.94. The number of hydrogen-bond donors (Lipinski definition) is 6. The number of aromatic nitrogens is 2. The van der Waals surface area contributed by atoms with Crippen molar-refractivity contribution in [2.75, 3.05) is 6.54 Å². The van der Waals surface area contributed by atoms with E-state index in [0.717, 1.165) is 0 Å². The van der Waals surface area contributed by atoms with Crippen molar-refractivity contribution in [3.05, 3.63) is 48.0 Å². The number of benzene rings is 1. The molecule has 10 heteroatoms. The predicted octanol–water partition coefficient (Wildman–Crippen LogP) is -1.09. The van der Waals surface area contributed by atoms with Crippen LogP contribution in [0.2, 0.25) is 0 Å². The average Bonchev–Trinajstić information content (AvgIpc) is 3.13. The highest BCUT2D eigenvalue weighted by Crippen LogP contribution is 2.11. The number of amides is 2. The number of hydrogen-bond acceptors (Lipinski definition) is 6. The van der Waals surface area contributed by atoms with E-state index in [9.17, 15) is 24.6 Å². The van der Waals surface area contributed by atoms with E-state index in [0.29, 0.717) is 11.3 Å². The molecule has 2 atom stereocenters. The third-order valence-corrected chi connectivity index (χ3v) is 3.76. The summed E-state index contributed by atoms with van der Waals surface area (Å²) in [5.41, 5.74) is 7.07. The Morgan fingerprint density at radius 3 is 2.48 bits per heavy atom. The van der Waals surface area contributed by atoms with Gasteiger partial charge < -0.3 is 31.6 Å². The fourth-order valence-electron chi connectivity index (χ4n) is 2.34. The summed E-state index contributed by atoms with van der Waals surface area (Å²) < 4.78 is 0. The lowest BCUT2D eigenvalue weighted by atomic mass is 10.1. The summed E-state index contributed by atoms with van der Waals surface area (Å²) in [6.07, 6.45) is 3.27. The van der Waals surface area contributed by atoms with Gasteiger partial charge >= 0.3 is 5.97 Å². The summed E-state index contributed by atoms with van der Waals surface area (Å²) >= 11 is 0. The normalized spacial score (nSPS) is 12.8. The highest BCUT2D eigenvalue weighted by Gasteiger charge is 2.21. The van der Waals surface area contributed by atoms with Crippen LogP contribution in [0.5, 0.6) is 5.75 Å². The smallest absolute Gasteiger partial charge is 0.326 e. The summed E-state index contributed by atoms with van der Waals surface area (Å²) in [7, 11) is 0. The molecule has 0 spiro atoms. The van der Waals surface area contributed by atoms with Gasteiger partial charge in [0.1, 0.15) is 11.8 Å². The lowest BCUT2D eigenvalue weighted by molar-refractivity contribution is -0.141. The van der Waals surface area contributed by atoms with Gasteiger partial charge in [-0.05, 0) is 17.7 Å². The quantitative estimate of drug-likeness (QED) is 0.323. The van der Waals surface area contributed by atoms with Crippen molar-refractivity contribution in [3.8, 4) is 5.75 Å². The number of rotatable bonds is 9. The Hall–Kier alpha value is -3.40. The fourth-order valence-corrected chi connectivity index (χ4v) is 2.34. The van der Waals surface area contributed by atoms with E-state index >= 15 is 0 Å². The minimum atomic E-state index is -1.21. The number of aromatic amines is 1. The van der Waals surface area contributed by atoms with E-state index in [-0.39, 0.29) is 18.6 Å². The molecule has 0 saturated heterocycles. The topological polar surface area (TPSA) is 170 Å². The molecule has 2 rings (SSSR count). The molecule has 0 aliphatic rings. The standard InChI is InChI=1S/C17H21N5O5/c18-13(6-11-7-19-9-21-11)16(25)20-8-15(24)22-14(17(26)27)5-10-1-3-12(23)4-2-10/h1-4,7,9,13-14,23H,5-6,8,18H2,(H,19,21)(H,20,25)(H,22,24)(H,26,27). The maximum atomic E-state index is 12.0. The van der Waals surface area contributed by atoms with Gasteiger partial charge in [-0.15, -0.1) is 0 Å². The van der Waals surface area contributed by atoms with Crippen LogP contribution in [0.15, 0.2) is 36.8 Å². The van der Waals surface area contributed by atoms with Crippen molar-refractivity contribution in [1.29, 1.82) is 0 Å². The molecular weight excluding hydrogens is 354 g/mol. The average molecular weight is 375 g/mol. The number of nitrogens with two attached hydrogens (primary N) is 1. The molecule has 10 nitrogen and oxygen atoms in total. The first-order chi connectivity index (χ1) is 12.8. The number of nitrogens with zero attached hydrogens (tertiary/aromatic N) is 1. The second-order valence-electron chi connectivity index (χ2n) is 5.93. The first-order valence-corrected chi connectivity index (χ1v) is 8.15. The molecule has 1 aromatic heterocycles. The summed E-state index contributed by atoms with van der Waals surface area (Å²) in [5.74, 6) is -2.34. The van der Waals surface area contributed by atoms with E-state index in [1.165, 1.54) is 18.5 Å². The largest absolute Gasteiger partial charge is 0.508 e. The minimum absolute atomic E-state index is 0.0363. The maximum Gasteiger partial charge on any atom is 0.326 e. The van der Waals surface area contributed by atoms with Gasteiger partial charge in [0.05, 0.1) is 18.9 Å². The number of imidazole rings is 1. The Kier molecular flexibility index (Phi) is 6.89. The van der Waals surface area contributed by atoms with Crippen LogP contribution >= 0.6 is 0 Å². The van der Waals surface area contributed by atoms with Crippen LogP contribution in [-0.4, -0.2) is 56.6 Å². The van der Waals surface area contributed by atoms with Gasteiger partial charge in [0.2, 0.25) is 11.8 Å². The summed E-state index contributed by atoms with van der Waals surface area (Å²) in [4.78, 5) is 41.9. The number of aliphatic carboxylic acids is 1. The second kappa shape index (κ2) is 9.34. The number of carbonyl (C=O) groups is 3. The molecule has 0 aliphatic heterocycles. The number of carbonyl (C=O) groups excluding carboxylic acids is 2. The Labute approximate surface area is 154 Å². The summed E-state index contributed by atoms with van der Waals surface area (Å²) in [5, 5.41) is 23.2. The van der Waals surface area contributed by atoms with Gasteiger partial charge in [-0.2, -0.15) is 0 Å². The van der Waals surface area contributed by atoms with Crippen LogP contribution in [0.4, 0.5) is 0 Å². The van der Waals surface area contributed by atoms with Crippen molar-refractivity contribution in [2.45, 2.75) is 24.9 Å². The molecule has 27 heavy (non-hydrogen) atoms. The zero-order valence-electron chi connectivity index (χ0n) is 14.4. The van der Waals surface area contributed by atoms with E-state index in [1.807, 2.05) is 0 Å². The minimum Gasteiger partial charge on any atom is -0.508 e. The second-order valence-corrected chi connectivity index (χ2v) is 5.93. The zero-order valence-corrected chi connectivity index (χ0v) is 14.4. The van der Waals surface area contributed by atoms with E-state index < -0.39 is 36.4 Å². The van der Waals surface area contributed by atoms with E-state index in [1.54, 1.807) is 18.3 Å².